The fourth-order valence-corrected chi connectivity index (χ4v) is 2.59. The molecular formula is C12H22O2. The first-order chi connectivity index (χ1) is 6.53. The largest absolute Gasteiger partial charge is 0.481 e. The summed E-state index contributed by atoms with van der Waals surface area (Å²) in [5.74, 6) is 0.456. The number of carboxylic acids is 1. The molecule has 2 nitrogen and oxygen atoms in total. The molecule has 0 heterocycles. The Hall–Kier alpha value is -0.530. The van der Waals surface area contributed by atoms with Crippen molar-refractivity contribution in [2.75, 3.05) is 0 Å². The van der Waals surface area contributed by atoms with Gasteiger partial charge in [-0.05, 0) is 37.5 Å². The predicted octanol–water partition coefficient (Wildman–Crippen LogP) is 3.31. The molecule has 1 N–H and O–H groups in total. The highest BCUT2D eigenvalue weighted by Gasteiger charge is 2.44. The summed E-state index contributed by atoms with van der Waals surface area (Å²) in [4.78, 5) is 11.4. The van der Waals surface area contributed by atoms with Crippen LogP contribution < -0.4 is 0 Å². The first-order valence-electron chi connectivity index (χ1n) is 5.76. The maximum absolute atomic E-state index is 11.4. The Bertz CT molecular complexity index is 202. The van der Waals surface area contributed by atoms with E-state index in [1.807, 2.05) is 0 Å². The van der Waals surface area contributed by atoms with Gasteiger partial charge in [-0.1, -0.05) is 27.2 Å². The summed E-state index contributed by atoms with van der Waals surface area (Å²) < 4.78 is 0. The van der Waals surface area contributed by atoms with E-state index >= 15 is 0 Å². The van der Waals surface area contributed by atoms with Gasteiger partial charge in [-0.15, -0.1) is 0 Å². The van der Waals surface area contributed by atoms with E-state index < -0.39 is 11.4 Å². The highest BCUT2D eigenvalue weighted by atomic mass is 16.4. The molecule has 2 heteroatoms. The second-order valence-electron chi connectivity index (χ2n) is 4.95. The molecule has 0 amide bonds. The van der Waals surface area contributed by atoms with Gasteiger partial charge < -0.3 is 5.11 Å². The molecule has 0 aromatic carbocycles. The molecule has 82 valence electrons. The lowest BCUT2D eigenvalue weighted by molar-refractivity contribution is -0.155. The first-order valence-corrected chi connectivity index (χ1v) is 5.76. The van der Waals surface area contributed by atoms with Crippen molar-refractivity contribution in [1.82, 2.24) is 0 Å². The molecule has 1 atom stereocenters. The fraction of sp³-hybridized carbons (Fsp3) is 0.917. The van der Waals surface area contributed by atoms with Gasteiger partial charge in [0.2, 0.25) is 0 Å². The third kappa shape index (κ3) is 1.94. The van der Waals surface area contributed by atoms with Crippen molar-refractivity contribution in [3.05, 3.63) is 0 Å². The molecule has 14 heavy (non-hydrogen) atoms. The molecule has 0 saturated heterocycles. The Balaban J connectivity index is 2.78. The van der Waals surface area contributed by atoms with Crippen molar-refractivity contribution in [1.29, 1.82) is 0 Å². The van der Waals surface area contributed by atoms with Gasteiger partial charge in [0.25, 0.3) is 0 Å². The average Bonchev–Trinajstić information content (AvgIpc) is 2.18. The van der Waals surface area contributed by atoms with Gasteiger partial charge in [0, 0.05) is 0 Å². The molecule has 1 saturated carbocycles. The fourth-order valence-electron chi connectivity index (χ4n) is 2.59. The van der Waals surface area contributed by atoms with Crippen molar-refractivity contribution in [2.45, 2.75) is 52.9 Å². The minimum atomic E-state index is -0.571. The van der Waals surface area contributed by atoms with E-state index in [9.17, 15) is 9.90 Å². The van der Waals surface area contributed by atoms with Gasteiger partial charge in [0.05, 0.1) is 5.41 Å². The van der Waals surface area contributed by atoms with Gasteiger partial charge >= 0.3 is 5.97 Å². The smallest absolute Gasteiger partial charge is 0.309 e. The number of hydrogen-bond donors (Lipinski definition) is 1. The molecule has 1 fully saturated rings. The Kier molecular flexibility index (Phi) is 3.57. The van der Waals surface area contributed by atoms with Crippen LogP contribution in [0.5, 0.6) is 0 Å². The minimum absolute atomic E-state index is 0.312. The molecule has 0 spiro atoms. The highest BCUT2D eigenvalue weighted by molar-refractivity contribution is 5.75. The third-order valence-electron chi connectivity index (χ3n) is 4.15. The minimum Gasteiger partial charge on any atom is -0.481 e. The standard InChI is InChI=1S/C12H22O2/c1-4-10(3)12(11(13)14)7-5-9(2)6-8-12/h9-10H,4-8H2,1-3H3,(H,13,14). The summed E-state index contributed by atoms with van der Waals surface area (Å²) in [5.41, 5.74) is -0.415. The summed E-state index contributed by atoms with van der Waals surface area (Å²) in [6.45, 7) is 6.40. The molecule has 0 aliphatic heterocycles. The SMILES string of the molecule is CCC(C)C1(C(=O)O)CCC(C)CC1. The lowest BCUT2D eigenvalue weighted by Gasteiger charge is -2.40. The van der Waals surface area contributed by atoms with Crippen LogP contribution in [0.4, 0.5) is 0 Å². The Morgan fingerprint density at radius 2 is 2.00 bits per heavy atom. The van der Waals surface area contributed by atoms with Crippen molar-refractivity contribution in [3.8, 4) is 0 Å². The third-order valence-corrected chi connectivity index (χ3v) is 4.15. The number of carboxylic acid groups (broad SMARTS) is 1. The second kappa shape index (κ2) is 4.33. The Labute approximate surface area is 86.7 Å². The van der Waals surface area contributed by atoms with Crippen LogP contribution in [0.3, 0.4) is 0 Å². The van der Waals surface area contributed by atoms with Crippen LogP contribution in [0.1, 0.15) is 52.9 Å². The summed E-state index contributed by atoms with van der Waals surface area (Å²) >= 11 is 0. The number of carbonyl (C=O) groups is 1. The number of hydrogen-bond acceptors (Lipinski definition) is 1. The molecule has 1 aliphatic carbocycles. The van der Waals surface area contributed by atoms with Crippen LogP contribution in [0.25, 0.3) is 0 Å². The van der Waals surface area contributed by atoms with Gasteiger partial charge in [-0.3, -0.25) is 4.79 Å². The summed E-state index contributed by atoms with van der Waals surface area (Å²) in [7, 11) is 0. The first kappa shape index (κ1) is 11.5. The summed E-state index contributed by atoms with van der Waals surface area (Å²) in [5, 5.41) is 9.38. The van der Waals surface area contributed by atoms with E-state index in [1.54, 1.807) is 0 Å². The monoisotopic (exact) mass is 198 g/mol. The number of aliphatic carboxylic acids is 1. The Morgan fingerprint density at radius 1 is 1.50 bits per heavy atom. The maximum Gasteiger partial charge on any atom is 0.309 e. The molecule has 0 bridgehead atoms. The van der Waals surface area contributed by atoms with Crippen LogP contribution in [-0.4, -0.2) is 11.1 Å². The van der Waals surface area contributed by atoms with E-state index in [4.69, 9.17) is 0 Å². The van der Waals surface area contributed by atoms with E-state index in [1.165, 1.54) is 0 Å². The highest BCUT2D eigenvalue weighted by Crippen LogP contribution is 2.45. The van der Waals surface area contributed by atoms with Crippen LogP contribution in [-0.2, 0) is 4.79 Å². The molecule has 1 rings (SSSR count). The molecular weight excluding hydrogens is 176 g/mol. The van der Waals surface area contributed by atoms with Crippen molar-refractivity contribution in [3.63, 3.8) is 0 Å². The zero-order valence-corrected chi connectivity index (χ0v) is 9.55. The normalized spacial score (nSPS) is 35.2. The van der Waals surface area contributed by atoms with E-state index in [0.717, 1.165) is 32.1 Å². The van der Waals surface area contributed by atoms with Gasteiger partial charge in [-0.25, -0.2) is 0 Å². The average molecular weight is 198 g/mol. The lowest BCUT2D eigenvalue weighted by Crippen LogP contribution is -2.40. The topological polar surface area (TPSA) is 37.3 Å². The van der Waals surface area contributed by atoms with Gasteiger partial charge in [0.15, 0.2) is 0 Å². The molecule has 0 aromatic rings. The van der Waals surface area contributed by atoms with Crippen molar-refractivity contribution < 1.29 is 9.90 Å². The van der Waals surface area contributed by atoms with Crippen LogP contribution in [0.2, 0.25) is 0 Å². The maximum atomic E-state index is 11.4. The quantitative estimate of drug-likeness (QED) is 0.755. The number of rotatable bonds is 3. The van der Waals surface area contributed by atoms with Crippen LogP contribution >= 0.6 is 0 Å². The lowest BCUT2D eigenvalue weighted by atomic mass is 9.63. The predicted molar refractivity (Wildman–Crippen MR) is 57.2 cm³/mol. The van der Waals surface area contributed by atoms with Crippen LogP contribution in [0.15, 0.2) is 0 Å². The summed E-state index contributed by atoms with van der Waals surface area (Å²) in [6.07, 6.45) is 4.88. The molecule has 1 aliphatic rings. The van der Waals surface area contributed by atoms with E-state index in [-0.39, 0.29) is 0 Å². The van der Waals surface area contributed by atoms with E-state index in [0.29, 0.717) is 11.8 Å². The van der Waals surface area contributed by atoms with Crippen LogP contribution in [0, 0.1) is 17.3 Å². The summed E-state index contributed by atoms with van der Waals surface area (Å²) in [6, 6.07) is 0. The zero-order chi connectivity index (χ0) is 10.8. The molecule has 0 radical (unpaired) electrons. The Morgan fingerprint density at radius 3 is 2.36 bits per heavy atom. The molecule has 0 aromatic heterocycles. The molecule has 1 unspecified atom stereocenters. The van der Waals surface area contributed by atoms with Crippen molar-refractivity contribution in [2.24, 2.45) is 17.3 Å². The van der Waals surface area contributed by atoms with E-state index in [2.05, 4.69) is 20.8 Å². The van der Waals surface area contributed by atoms with Gasteiger partial charge in [0.1, 0.15) is 0 Å². The van der Waals surface area contributed by atoms with Gasteiger partial charge in [-0.2, -0.15) is 0 Å². The second-order valence-corrected chi connectivity index (χ2v) is 4.95. The zero-order valence-electron chi connectivity index (χ0n) is 9.55. The van der Waals surface area contributed by atoms with Crippen molar-refractivity contribution >= 4 is 5.97 Å².